The molecule has 0 saturated heterocycles. The van der Waals surface area contributed by atoms with Gasteiger partial charge in [-0.1, -0.05) is 18.2 Å². The Hall–Kier alpha value is -1.91. The molecule has 1 aromatic rings. The second-order valence-electron chi connectivity index (χ2n) is 5.39. The molecule has 0 atom stereocenters. The first kappa shape index (κ1) is 14.5. The Balaban J connectivity index is 2.09. The van der Waals surface area contributed by atoms with Crippen LogP contribution in [0.15, 0.2) is 35.3 Å². The molecule has 0 aromatic heterocycles. The number of nitrogens with two attached hydrogens (primary N) is 1. The van der Waals surface area contributed by atoms with E-state index in [-0.39, 0.29) is 11.5 Å². The molecule has 0 radical (unpaired) electrons. The molecule has 1 aliphatic rings. The summed E-state index contributed by atoms with van der Waals surface area (Å²) in [5, 5.41) is 2.90. The zero-order valence-electron chi connectivity index (χ0n) is 11.5. The molecule has 0 heterocycles. The SMILES string of the molecule is C=C(C)CNC(N)=NCC1(c2c(F)cccc2F)CC1. The van der Waals surface area contributed by atoms with Crippen LogP contribution in [-0.4, -0.2) is 19.0 Å². The summed E-state index contributed by atoms with van der Waals surface area (Å²) in [4.78, 5) is 4.20. The Labute approximate surface area is 117 Å². The van der Waals surface area contributed by atoms with Crippen molar-refractivity contribution in [2.24, 2.45) is 10.7 Å². The first-order valence-corrected chi connectivity index (χ1v) is 6.57. The number of nitrogens with zero attached hydrogens (tertiary/aromatic N) is 1. The predicted molar refractivity (Wildman–Crippen MR) is 76.6 cm³/mol. The molecule has 0 bridgehead atoms. The lowest BCUT2D eigenvalue weighted by Gasteiger charge is -2.15. The highest BCUT2D eigenvalue weighted by atomic mass is 19.1. The van der Waals surface area contributed by atoms with Gasteiger partial charge in [0.2, 0.25) is 0 Å². The fraction of sp³-hybridized carbons (Fsp3) is 0.400. The molecule has 1 aromatic carbocycles. The summed E-state index contributed by atoms with van der Waals surface area (Å²) in [5.74, 6) is -0.742. The molecule has 3 N–H and O–H groups in total. The van der Waals surface area contributed by atoms with Gasteiger partial charge in [0, 0.05) is 17.5 Å². The minimum absolute atomic E-state index is 0.136. The van der Waals surface area contributed by atoms with Crippen LogP contribution >= 0.6 is 0 Å². The van der Waals surface area contributed by atoms with E-state index < -0.39 is 17.0 Å². The van der Waals surface area contributed by atoms with Gasteiger partial charge in [0.05, 0.1) is 6.54 Å². The number of aliphatic imine (C=N–C) groups is 1. The third-order valence-electron chi connectivity index (χ3n) is 3.47. The molecule has 20 heavy (non-hydrogen) atoms. The highest BCUT2D eigenvalue weighted by Gasteiger charge is 2.47. The molecule has 0 unspecified atom stereocenters. The van der Waals surface area contributed by atoms with Gasteiger partial charge in [0.15, 0.2) is 5.96 Å². The van der Waals surface area contributed by atoms with E-state index >= 15 is 0 Å². The number of rotatable bonds is 5. The second-order valence-corrected chi connectivity index (χ2v) is 5.39. The maximum absolute atomic E-state index is 13.8. The van der Waals surface area contributed by atoms with Crippen molar-refractivity contribution in [1.82, 2.24) is 5.32 Å². The molecule has 0 amide bonds. The quantitative estimate of drug-likeness (QED) is 0.494. The Morgan fingerprint density at radius 2 is 2.00 bits per heavy atom. The Morgan fingerprint density at radius 3 is 2.50 bits per heavy atom. The fourth-order valence-electron chi connectivity index (χ4n) is 2.18. The molecule has 0 aliphatic heterocycles. The zero-order chi connectivity index (χ0) is 14.8. The van der Waals surface area contributed by atoms with Crippen LogP contribution in [0.1, 0.15) is 25.3 Å². The van der Waals surface area contributed by atoms with Crippen molar-refractivity contribution in [1.29, 1.82) is 0 Å². The molecule has 1 aliphatic carbocycles. The van der Waals surface area contributed by atoms with Crippen LogP contribution in [0, 0.1) is 11.6 Å². The third-order valence-corrected chi connectivity index (χ3v) is 3.47. The van der Waals surface area contributed by atoms with Gasteiger partial charge in [-0.25, -0.2) is 8.78 Å². The topological polar surface area (TPSA) is 50.4 Å². The zero-order valence-corrected chi connectivity index (χ0v) is 11.5. The van der Waals surface area contributed by atoms with Crippen molar-refractivity contribution in [3.8, 4) is 0 Å². The standard InChI is InChI=1S/C15H19F2N3/c1-10(2)8-19-14(18)20-9-15(6-7-15)13-11(16)4-3-5-12(13)17/h3-5H,1,6-9H2,2H3,(H3,18,19,20). The monoisotopic (exact) mass is 279 g/mol. The van der Waals surface area contributed by atoms with E-state index in [4.69, 9.17) is 5.73 Å². The summed E-state index contributed by atoms with van der Waals surface area (Å²) in [5.41, 5.74) is 6.25. The lowest BCUT2D eigenvalue weighted by Crippen LogP contribution is -2.33. The average Bonchev–Trinajstić information content (AvgIpc) is 3.15. The van der Waals surface area contributed by atoms with Gasteiger partial charge in [-0.3, -0.25) is 4.99 Å². The number of guanidine groups is 1. The fourth-order valence-corrected chi connectivity index (χ4v) is 2.18. The summed E-state index contributed by atoms with van der Waals surface area (Å²) < 4.78 is 27.6. The molecule has 1 fully saturated rings. The molecule has 3 nitrogen and oxygen atoms in total. The van der Waals surface area contributed by atoms with Crippen LogP contribution in [0.3, 0.4) is 0 Å². The Bertz CT molecular complexity index is 528. The maximum atomic E-state index is 13.8. The molecule has 0 spiro atoms. The minimum Gasteiger partial charge on any atom is -0.370 e. The largest absolute Gasteiger partial charge is 0.370 e. The van der Waals surface area contributed by atoms with E-state index in [1.807, 2.05) is 6.92 Å². The van der Waals surface area contributed by atoms with E-state index in [0.29, 0.717) is 13.1 Å². The van der Waals surface area contributed by atoms with Crippen LogP contribution in [0.2, 0.25) is 0 Å². The van der Waals surface area contributed by atoms with Crippen molar-refractivity contribution in [2.45, 2.75) is 25.2 Å². The number of nitrogens with one attached hydrogen (secondary N) is 1. The second kappa shape index (κ2) is 5.61. The normalized spacial score (nSPS) is 16.9. The third kappa shape index (κ3) is 3.15. The summed E-state index contributed by atoms with van der Waals surface area (Å²) in [6.45, 7) is 6.45. The summed E-state index contributed by atoms with van der Waals surface area (Å²) >= 11 is 0. The number of benzene rings is 1. The molecular formula is C15H19F2N3. The smallest absolute Gasteiger partial charge is 0.188 e. The predicted octanol–water partition coefficient (Wildman–Crippen LogP) is 2.48. The summed E-state index contributed by atoms with van der Waals surface area (Å²) in [6.07, 6.45) is 1.45. The van der Waals surface area contributed by atoms with Crippen LogP contribution in [0.5, 0.6) is 0 Å². The van der Waals surface area contributed by atoms with E-state index in [2.05, 4.69) is 16.9 Å². The van der Waals surface area contributed by atoms with Crippen molar-refractivity contribution in [3.63, 3.8) is 0 Å². The van der Waals surface area contributed by atoms with Gasteiger partial charge in [0.25, 0.3) is 0 Å². The van der Waals surface area contributed by atoms with E-state index in [1.54, 1.807) is 0 Å². The molecule has 1 saturated carbocycles. The van der Waals surface area contributed by atoms with Crippen LogP contribution < -0.4 is 11.1 Å². The van der Waals surface area contributed by atoms with Crippen molar-refractivity contribution in [3.05, 3.63) is 47.5 Å². The molecular weight excluding hydrogens is 260 g/mol. The summed E-state index contributed by atoms with van der Waals surface area (Å²) in [6, 6.07) is 3.94. The summed E-state index contributed by atoms with van der Waals surface area (Å²) in [7, 11) is 0. The highest BCUT2D eigenvalue weighted by molar-refractivity contribution is 5.78. The Morgan fingerprint density at radius 1 is 1.40 bits per heavy atom. The number of hydrogen-bond acceptors (Lipinski definition) is 1. The van der Waals surface area contributed by atoms with Crippen molar-refractivity contribution >= 4 is 5.96 Å². The van der Waals surface area contributed by atoms with Gasteiger partial charge >= 0.3 is 0 Å². The first-order chi connectivity index (χ1) is 9.44. The molecule has 5 heteroatoms. The molecule has 108 valence electrons. The van der Waals surface area contributed by atoms with E-state index in [9.17, 15) is 8.78 Å². The first-order valence-electron chi connectivity index (χ1n) is 6.57. The Kier molecular flexibility index (Phi) is 4.06. The van der Waals surface area contributed by atoms with E-state index in [1.165, 1.54) is 18.2 Å². The number of halogens is 2. The van der Waals surface area contributed by atoms with Crippen LogP contribution in [0.25, 0.3) is 0 Å². The number of hydrogen-bond donors (Lipinski definition) is 2. The lowest BCUT2D eigenvalue weighted by molar-refractivity contribution is 0.517. The van der Waals surface area contributed by atoms with Gasteiger partial charge in [0.1, 0.15) is 11.6 Å². The van der Waals surface area contributed by atoms with E-state index in [0.717, 1.165) is 18.4 Å². The minimum atomic E-state index is -0.537. The van der Waals surface area contributed by atoms with Gasteiger partial charge in [-0.05, 0) is 31.9 Å². The van der Waals surface area contributed by atoms with Crippen molar-refractivity contribution < 1.29 is 8.78 Å². The van der Waals surface area contributed by atoms with Crippen molar-refractivity contribution in [2.75, 3.05) is 13.1 Å². The lowest BCUT2D eigenvalue weighted by atomic mass is 9.95. The maximum Gasteiger partial charge on any atom is 0.188 e. The van der Waals surface area contributed by atoms with Gasteiger partial charge in [-0.15, -0.1) is 0 Å². The van der Waals surface area contributed by atoms with Gasteiger partial charge in [-0.2, -0.15) is 0 Å². The van der Waals surface area contributed by atoms with Crippen LogP contribution in [0.4, 0.5) is 8.78 Å². The highest BCUT2D eigenvalue weighted by Crippen LogP contribution is 2.50. The van der Waals surface area contributed by atoms with Gasteiger partial charge < -0.3 is 11.1 Å². The average molecular weight is 279 g/mol. The van der Waals surface area contributed by atoms with Crippen LogP contribution in [-0.2, 0) is 5.41 Å². The molecule has 2 rings (SSSR count).